The maximum absolute atomic E-state index is 13.3. The van der Waals surface area contributed by atoms with Gasteiger partial charge in [-0.05, 0) is 61.1 Å². The summed E-state index contributed by atoms with van der Waals surface area (Å²) in [4.78, 5) is 22.0. The molecule has 1 aliphatic rings. The van der Waals surface area contributed by atoms with E-state index in [-0.39, 0.29) is 11.7 Å². The molecule has 0 fully saturated rings. The van der Waals surface area contributed by atoms with E-state index in [1.54, 1.807) is 47.4 Å². The standard InChI is InChI=1S/C24H20FN5O/c25-18-8-6-16(7-9-18)19-10-12-26-14-21(19)29-24(31)20-11-13-27-30-15-22(28-23(20)30)17-4-2-1-3-5-17/h4,6-15H,1-3,5H2,(H,29,31). The number of nitrogens with zero attached hydrogens (tertiary/aromatic N) is 4. The number of aromatic nitrogens is 4. The number of anilines is 1. The van der Waals surface area contributed by atoms with Crippen LogP contribution in [0.5, 0.6) is 0 Å². The Morgan fingerprint density at radius 3 is 2.74 bits per heavy atom. The van der Waals surface area contributed by atoms with Crippen LogP contribution >= 0.6 is 0 Å². The molecule has 7 heteroatoms. The summed E-state index contributed by atoms with van der Waals surface area (Å²) >= 11 is 0. The smallest absolute Gasteiger partial charge is 0.259 e. The zero-order valence-electron chi connectivity index (χ0n) is 16.8. The van der Waals surface area contributed by atoms with Crippen molar-refractivity contribution in [1.82, 2.24) is 19.6 Å². The van der Waals surface area contributed by atoms with Crippen molar-refractivity contribution in [2.45, 2.75) is 25.7 Å². The number of halogens is 1. The molecule has 154 valence electrons. The van der Waals surface area contributed by atoms with Crippen molar-refractivity contribution in [2.24, 2.45) is 0 Å². The van der Waals surface area contributed by atoms with E-state index in [4.69, 9.17) is 4.98 Å². The first-order valence-electron chi connectivity index (χ1n) is 10.2. The van der Waals surface area contributed by atoms with E-state index in [0.717, 1.165) is 36.1 Å². The largest absolute Gasteiger partial charge is 0.320 e. The molecule has 6 nitrogen and oxygen atoms in total. The maximum atomic E-state index is 13.3. The molecule has 0 saturated heterocycles. The highest BCUT2D eigenvalue weighted by Crippen LogP contribution is 2.29. The first-order chi connectivity index (χ1) is 15.2. The molecular weight excluding hydrogens is 393 g/mol. The maximum Gasteiger partial charge on any atom is 0.259 e. The Balaban J connectivity index is 1.48. The van der Waals surface area contributed by atoms with E-state index in [9.17, 15) is 9.18 Å². The highest BCUT2D eigenvalue weighted by atomic mass is 19.1. The fourth-order valence-electron chi connectivity index (χ4n) is 3.86. The lowest BCUT2D eigenvalue weighted by Gasteiger charge is -2.11. The zero-order valence-corrected chi connectivity index (χ0v) is 16.8. The summed E-state index contributed by atoms with van der Waals surface area (Å²) in [6.45, 7) is 0. The molecule has 0 radical (unpaired) electrons. The lowest BCUT2D eigenvalue weighted by Crippen LogP contribution is -2.14. The average molecular weight is 413 g/mol. The Bertz CT molecular complexity index is 1290. The van der Waals surface area contributed by atoms with Gasteiger partial charge in [-0.3, -0.25) is 9.78 Å². The van der Waals surface area contributed by atoms with E-state index in [1.807, 2.05) is 6.20 Å². The van der Waals surface area contributed by atoms with Gasteiger partial charge in [0, 0.05) is 18.0 Å². The molecule has 3 aromatic heterocycles. The second kappa shape index (κ2) is 8.10. The molecule has 0 unspecified atom stereocenters. The van der Waals surface area contributed by atoms with Crippen LogP contribution in [0, 0.1) is 5.82 Å². The quantitative estimate of drug-likeness (QED) is 0.503. The van der Waals surface area contributed by atoms with Gasteiger partial charge in [0.05, 0.1) is 29.3 Å². The summed E-state index contributed by atoms with van der Waals surface area (Å²) in [6.07, 6.45) is 13.3. The van der Waals surface area contributed by atoms with Crippen LogP contribution < -0.4 is 5.32 Å². The minimum absolute atomic E-state index is 0.307. The number of carbonyl (C=O) groups is 1. The summed E-state index contributed by atoms with van der Waals surface area (Å²) in [5.41, 5.74) is 5.07. The molecule has 0 bridgehead atoms. The Hall–Kier alpha value is -3.87. The molecule has 4 aromatic rings. The third kappa shape index (κ3) is 3.82. The highest BCUT2D eigenvalue weighted by molar-refractivity contribution is 6.09. The third-order valence-electron chi connectivity index (χ3n) is 5.45. The van der Waals surface area contributed by atoms with Crippen LogP contribution in [0.15, 0.2) is 67.3 Å². The van der Waals surface area contributed by atoms with Crippen LogP contribution in [0.2, 0.25) is 0 Å². The minimum Gasteiger partial charge on any atom is -0.320 e. The monoisotopic (exact) mass is 413 g/mol. The van der Waals surface area contributed by atoms with Crippen molar-refractivity contribution in [1.29, 1.82) is 0 Å². The zero-order chi connectivity index (χ0) is 21.2. The van der Waals surface area contributed by atoms with Crippen molar-refractivity contribution in [2.75, 3.05) is 5.32 Å². The topological polar surface area (TPSA) is 72.2 Å². The molecule has 5 rings (SSSR count). The van der Waals surface area contributed by atoms with Gasteiger partial charge in [-0.2, -0.15) is 5.10 Å². The number of amides is 1. The highest BCUT2D eigenvalue weighted by Gasteiger charge is 2.18. The van der Waals surface area contributed by atoms with Gasteiger partial charge in [-0.15, -0.1) is 0 Å². The molecule has 0 spiro atoms. The first-order valence-corrected chi connectivity index (χ1v) is 10.2. The molecule has 0 saturated carbocycles. The van der Waals surface area contributed by atoms with Crippen molar-refractivity contribution < 1.29 is 9.18 Å². The second-order valence-corrected chi connectivity index (χ2v) is 7.50. The normalized spacial score (nSPS) is 13.8. The Morgan fingerprint density at radius 2 is 1.94 bits per heavy atom. The van der Waals surface area contributed by atoms with Gasteiger partial charge in [0.2, 0.25) is 0 Å². The first kappa shape index (κ1) is 19.1. The number of nitrogens with one attached hydrogen (secondary N) is 1. The molecule has 1 N–H and O–H groups in total. The van der Waals surface area contributed by atoms with Crippen LogP contribution in [-0.4, -0.2) is 25.5 Å². The summed E-state index contributed by atoms with van der Waals surface area (Å²) in [6, 6.07) is 9.56. The molecule has 1 amide bonds. The average Bonchev–Trinajstić information content (AvgIpc) is 3.25. The van der Waals surface area contributed by atoms with E-state index < -0.39 is 0 Å². The summed E-state index contributed by atoms with van der Waals surface area (Å²) in [5, 5.41) is 7.25. The molecule has 3 heterocycles. The van der Waals surface area contributed by atoms with E-state index in [0.29, 0.717) is 16.9 Å². The van der Waals surface area contributed by atoms with Crippen LogP contribution in [0.4, 0.5) is 10.1 Å². The summed E-state index contributed by atoms with van der Waals surface area (Å²) in [5.74, 6) is -0.621. The van der Waals surface area contributed by atoms with Gasteiger partial charge in [0.1, 0.15) is 5.82 Å². The van der Waals surface area contributed by atoms with E-state index >= 15 is 0 Å². The Labute approximate surface area is 178 Å². The number of pyridine rings is 1. The number of allylic oxidation sites excluding steroid dienone is 2. The van der Waals surface area contributed by atoms with Gasteiger partial charge in [-0.1, -0.05) is 18.2 Å². The molecule has 0 aliphatic heterocycles. The minimum atomic E-state index is -0.314. The number of imidazole rings is 1. The molecule has 1 aromatic carbocycles. The van der Waals surface area contributed by atoms with Gasteiger partial charge in [0.25, 0.3) is 5.91 Å². The Kier molecular flexibility index (Phi) is 5.00. The second-order valence-electron chi connectivity index (χ2n) is 7.50. The Morgan fingerprint density at radius 1 is 1.06 bits per heavy atom. The third-order valence-corrected chi connectivity index (χ3v) is 5.45. The van der Waals surface area contributed by atoms with Crippen molar-refractivity contribution in [3.8, 4) is 11.1 Å². The number of carbonyl (C=O) groups excluding carboxylic acids is 1. The number of hydrogen-bond acceptors (Lipinski definition) is 4. The fourth-order valence-corrected chi connectivity index (χ4v) is 3.86. The van der Waals surface area contributed by atoms with Crippen LogP contribution in [0.25, 0.3) is 22.3 Å². The van der Waals surface area contributed by atoms with Crippen LogP contribution in [0.1, 0.15) is 41.7 Å². The number of hydrogen-bond donors (Lipinski definition) is 1. The SMILES string of the molecule is O=C(Nc1cnccc1-c1ccc(F)cc1)c1ccnn2cc(C3=CCCCC3)nc12. The molecular formula is C24H20FN5O. The lowest BCUT2D eigenvalue weighted by atomic mass is 9.98. The van der Waals surface area contributed by atoms with Gasteiger partial charge < -0.3 is 5.32 Å². The molecule has 0 atom stereocenters. The fraction of sp³-hybridized carbons (Fsp3) is 0.167. The van der Waals surface area contributed by atoms with Crippen LogP contribution in [0.3, 0.4) is 0 Å². The summed E-state index contributed by atoms with van der Waals surface area (Å²) in [7, 11) is 0. The number of fused-ring (bicyclic) bond motifs is 1. The lowest BCUT2D eigenvalue weighted by molar-refractivity contribution is 0.102. The van der Waals surface area contributed by atoms with Crippen molar-refractivity contribution >= 4 is 22.8 Å². The number of rotatable bonds is 4. The van der Waals surface area contributed by atoms with Gasteiger partial charge in [-0.25, -0.2) is 13.9 Å². The predicted molar refractivity (Wildman–Crippen MR) is 117 cm³/mol. The predicted octanol–water partition coefficient (Wildman–Crippen LogP) is 5.14. The van der Waals surface area contributed by atoms with Crippen LogP contribution in [-0.2, 0) is 0 Å². The number of benzene rings is 1. The summed E-state index contributed by atoms with van der Waals surface area (Å²) < 4.78 is 15.0. The van der Waals surface area contributed by atoms with Gasteiger partial charge in [0.15, 0.2) is 5.65 Å². The van der Waals surface area contributed by atoms with Crippen molar-refractivity contribution in [3.05, 3.63) is 84.3 Å². The molecule has 31 heavy (non-hydrogen) atoms. The molecule has 1 aliphatic carbocycles. The van der Waals surface area contributed by atoms with Gasteiger partial charge >= 0.3 is 0 Å². The van der Waals surface area contributed by atoms with E-state index in [2.05, 4.69) is 21.5 Å². The van der Waals surface area contributed by atoms with E-state index in [1.165, 1.54) is 24.1 Å². The van der Waals surface area contributed by atoms with Crippen molar-refractivity contribution in [3.63, 3.8) is 0 Å².